The fraction of sp³-hybridized carbons (Fsp3) is 0.588. The summed E-state index contributed by atoms with van der Waals surface area (Å²) in [6.45, 7) is 0. The molecule has 0 saturated heterocycles. The van der Waals surface area contributed by atoms with Crippen LogP contribution in [0.5, 0.6) is 0 Å². The third-order valence-corrected chi connectivity index (χ3v) is 4.85. The van der Waals surface area contributed by atoms with Crippen LogP contribution >= 0.6 is 11.6 Å². The maximum Gasteiger partial charge on any atom is 0.503 e. The standard InChI is InChI=1S/C16H21Cl.CH2O3/c17-16-11-14-8-4-7-13(14)10-15(16)9-12-5-2-1-3-6-12;2-1(3)4/h10-12H,1-9H2;(H2,2,3,4). The first-order valence-corrected chi connectivity index (χ1v) is 8.16. The summed E-state index contributed by atoms with van der Waals surface area (Å²) in [6, 6.07) is 4.64. The van der Waals surface area contributed by atoms with Crippen molar-refractivity contribution in [2.24, 2.45) is 5.92 Å². The van der Waals surface area contributed by atoms with E-state index in [9.17, 15) is 0 Å². The molecule has 0 atom stereocenters. The molecule has 0 aliphatic heterocycles. The highest BCUT2D eigenvalue weighted by atomic mass is 35.5. The van der Waals surface area contributed by atoms with Gasteiger partial charge in [0.25, 0.3) is 0 Å². The Balaban J connectivity index is 0.000000361. The molecule has 0 bridgehead atoms. The number of halogens is 1. The predicted molar refractivity (Wildman–Crippen MR) is 84.4 cm³/mol. The third-order valence-electron chi connectivity index (χ3n) is 4.49. The second-order valence-corrected chi connectivity index (χ2v) is 6.46. The van der Waals surface area contributed by atoms with Crippen LogP contribution in [0, 0.1) is 5.92 Å². The third kappa shape index (κ3) is 4.92. The number of carbonyl (C=O) groups is 1. The quantitative estimate of drug-likeness (QED) is 0.792. The maximum absolute atomic E-state index is 8.56. The van der Waals surface area contributed by atoms with Crippen molar-refractivity contribution in [3.63, 3.8) is 0 Å². The van der Waals surface area contributed by atoms with Crippen molar-refractivity contribution in [1.82, 2.24) is 0 Å². The van der Waals surface area contributed by atoms with E-state index in [2.05, 4.69) is 12.1 Å². The molecule has 0 heterocycles. The van der Waals surface area contributed by atoms with Gasteiger partial charge in [0.2, 0.25) is 0 Å². The minimum Gasteiger partial charge on any atom is -0.450 e. The van der Waals surface area contributed by atoms with E-state index >= 15 is 0 Å². The fourth-order valence-corrected chi connectivity index (χ4v) is 3.77. The van der Waals surface area contributed by atoms with Crippen molar-refractivity contribution < 1.29 is 15.0 Å². The average molecular weight is 311 g/mol. The zero-order chi connectivity index (χ0) is 15.2. The van der Waals surface area contributed by atoms with Crippen molar-refractivity contribution in [1.29, 1.82) is 0 Å². The van der Waals surface area contributed by atoms with Crippen LogP contribution in [0.25, 0.3) is 0 Å². The SMILES string of the molecule is Clc1cc2c(cc1CC1CCCCC1)CCC2.O=C(O)O. The Kier molecular flexibility index (Phi) is 5.92. The molecule has 1 aromatic carbocycles. The number of carboxylic acid groups (broad SMARTS) is 2. The van der Waals surface area contributed by atoms with Gasteiger partial charge in [0.15, 0.2) is 0 Å². The van der Waals surface area contributed by atoms with Gasteiger partial charge in [-0.25, -0.2) is 4.79 Å². The highest BCUT2D eigenvalue weighted by Crippen LogP contribution is 2.33. The van der Waals surface area contributed by atoms with Crippen LogP contribution in [0.15, 0.2) is 12.1 Å². The lowest BCUT2D eigenvalue weighted by molar-refractivity contribution is 0.137. The fourth-order valence-electron chi connectivity index (χ4n) is 3.50. The molecule has 1 fully saturated rings. The number of aryl methyl sites for hydroxylation is 2. The van der Waals surface area contributed by atoms with Crippen LogP contribution < -0.4 is 0 Å². The normalized spacial score (nSPS) is 17.8. The molecular weight excluding hydrogens is 288 g/mol. The predicted octanol–water partition coefficient (Wildman–Crippen LogP) is 5.17. The van der Waals surface area contributed by atoms with Gasteiger partial charge in [0.1, 0.15) is 0 Å². The van der Waals surface area contributed by atoms with E-state index in [1.165, 1.54) is 68.9 Å². The smallest absolute Gasteiger partial charge is 0.450 e. The van der Waals surface area contributed by atoms with Crippen LogP contribution in [-0.2, 0) is 19.3 Å². The van der Waals surface area contributed by atoms with Crippen molar-refractivity contribution in [3.05, 3.63) is 33.8 Å². The van der Waals surface area contributed by atoms with E-state index in [-0.39, 0.29) is 0 Å². The van der Waals surface area contributed by atoms with Gasteiger partial charge in [-0.1, -0.05) is 49.8 Å². The summed E-state index contributed by atoms with van der Waals surface area (Å²) in [5, 5.41) is 15.0. The highest BCUT2D eigenvalue weighted by molar-refractivity contribution is 6.31. The summed E-state index contributed by atoms with van der Waals surface area (Å²) < 4.78 is 0. The minimum atomic E-state index is -1.83. The molecule has 0 aromatic heterocycles. The molecule has 0 amide bonds. The Morgan fingerprint density at radius 3 is 2.24 bits per heavy atom. The Morgan fingerprint density at radius 1 is 1.05 bits per heavy atom. The van der Waals surface area contributed by atoms with Gasteiger partial charge in [-0.2, -0.15) is 0 Å². The monoisotopic (exact) mass is 310 g/mol. The first-order chi connectivity index (χ1) is 10.1. The van der Waals surface area contributed by atoms with Gasteiger partial charge in [-0.05, 0) is 54.4 Å². The number of benzene rings is 1. The van der Waals surface area contributed by atoms with Gasteiger partial charge in [-0.3, -0.25) is 0 Å². The zero-order valence-electron chi connectivity index (χ0n) is 12.3. The Hall–Kier alpha value is -1.22. The molecule has 2 aliphatic rings. The summed E-state index contributed by atoms with van der Waals surface area (Å²) in [5.74, 6) is 0.890. The van der Waals surface area contributed by atoms with Gasteiger partial charge in [0, 0.05) is 5.02 Å². The molecule has 3 rings (SSSR count). The molecule has 0 radical (unpaired) electrons. The number of hydrogen-bond acceptors (Lipinski definition) is 1. The topological polar surface area (TPSA) is 57.5 Å². The van der Waals surface area contributed by atoms with Gasteiger partial charge in [0.05, 0.1) is 0 Å². The van der Waals surface area contributed by atoms with E-state index in [1.54, 1.807) is 5.56 Å². The second kappa shape index (κ2) is 7.69. The highest BCUT2D eigenvalue weighted by Gasteiger charge is 2.18. The largest absolute Gasteiger partial charge is 0.503 e. The summed E-state index contributed by atoms with van der Waals surface area (Å²) in [5.41, 5.74) is 4.49. The zero-order valence-corrected chi connectivity index (χ0v) is 13.0. The molecule has 3 nitrogen and oxygen atoms in total. The lowest BCUT2D eigenvalue weighted by Gasteiger charge is -2.22. The van der Waals surface area contributed by atoms with E-state index in [0.717, 1.165) is 10.9 Å². The van der Waals surface area contributed by atoms with E-state index in [1.807, 2.05) is 0 Å². The lowest BCUT2D eigenvalue weighted by atomic mass is 9.84. The Labute approximate surface area is 130 Å². The number of hydrogen-bond donors (Lipinski definition) is 2. The summed E-state index contributed by atoms with van der Waals surface area (Å²) in [4.78, 5) is 8.56. The van der Waals surface area contributed by atoms with Crippen molar-refractivity contribution in [2.75, 3.05) is 0 Å². The minimum absolute atomic E-state index is 0.890. The Bertz CT molecular complexity index is 489. The van der Waals surface area contributed by atoms with Gasteiger partial charge < -0.3 is 10.2 Å². The first kappa shape index (κ1) is 16.2. The maximum atomic E-state index is 8.56. The van der Waals surface area contributed by atoms with Crippen LogP contribution in [0.3, 0.4) is 0 Å². The van der Waals surface area contributed by atoms with Crippen LogP contribution in [0.4, 0.5) is 4.79 Å². The average Bonchev–Trinajstić information content (AvgIpc) is 2.87. The molecule has 2 N–H and O–H groups in total. The van der Waals surface area contributed by atoms with Crippen molar-refractivity contribution in [2.45, 2.75) is 57.8 Å². The summed E-state index contributed by atoms with van der Waals surface area (Å²) in [6.07, 6.45) is 10.3. The van der Waals surface area contributed by atoms with E-state index < -0.39 is 6.16 Å². The molecule has 2 aliphatic carbocycles. The molecule has 116 valence electrons. The van der Waals surface area contributed by atoms with Crippen LogP contribution in [-0.4, -0.2) is 16.4 Å². The molecule has 1 aromatic rings. The van der Waals surface area contributed by atoms with Gasteiger partial charge >= 0.3 is 6.16 Å². The lowest BCUT2D eigenvalue weighted by Crippen LogP contribution is -2.09. The Morgan fingerprint density at radius 2 is 1.62 bits per heavy atom. The molecule has 0 unspecified atom stereocenters. The second-order valence-electron chi connectivity index (χ2n) is 6.06. The van der Waals surface area contributed by atoms with Gasteiger partial charge in [-0.15, -0.1) is 0 Å². The van der Waals surface area contributed by atoms with E-state index in [4.69, 9.17) is 26.6 Å². The van der Waals surface area contributed by atoms with Crippen molar-refractivity contribution >= 4 is 17.8 Å². The van der Waals surface area contributed by atoms with E-state index in [0.29, 0.717) is 0 Å². The molecule has 1 saturated carbocycles. The van der Waals surface area contributed by atoms with Crippen molar-refractivity contribution in [3.8, 4) is 0 Å². The summed E-state index contributed by atoms with van der Waals surface area (Å²) >= 11 is 6.43. The first-order valence-electron chi connectivity index (χ1n) is 7.78. The summed E-state index contributed by atoms with van der Waals surface area (Å²) in [7, 11) is 0. The number of rotatable bonds is 2. The molecule has 4 heteroatoms. The molecule has 0 spiro atoms. The number of fused-ring (bicyclic) bond motifs is 1. The van der Waals surface area contributed by atoms with Crippen LogP contribution in [0.1, 0.15) is 55.2 Å². The molecule has 21 heavy (non-hydrogen) atoms. The molecular formula is C17H23ClO3. The van der Waals surface area contributed by atoms with Crippen LogP contribution in [0.2, 0.25) is 5.02 Å².